The Morgan fingerprint density at radius 1 is 1.35 bits per heavy atom. The molecule has 1 aromatic carbocycles. The summed E-state index contributed by atoms with van der Waals surface area (Å²) in [6.07, 6.45) is 1.19. The Labute approximate surface area is 114 Å². The third kappa shape index (κ3) is 2.34. The van der Waals surface area contributed by atoms with E-state index in [0.29, 0.717) is 11.0 Å². The van der Waals surface area contributed by atoms with Crippen LogP contribution in [0.25, 0.3) is 11.0 Å². The number of hydrogen-bond acceptors (Lipinski definition) is 4. The van der Waals surface area contributed by atoms with Crippen LogP contribution in [0.2, 0.25) is 0 Å². The van der Waals surface area contributed by atoms with Gasteiger partial charge in [0.25, 0.3) is 0 Å². The lowest BCUT2D eigenvalue weighted by Crippen LogP contribution is -2.23. The number of nitrogens with zero attached hydrogens (tertiary/aromatic N) is 3. The van der Waals surface area contributed by atoms with Crippen LogP contribution in [-0.4, -0.2) is 14.9 Å². The molecule has 0 spiro atoms. The van der Waals surface area contributed by atoms with Crippen molar-refractivity contribution in [2.75, 3.05) is 0 Å². The van der Waals surface area contributed by atoms with E-state index in [0.717, 1.165) is 4.47 Å². The number of rotatable bonds is 2. The van der Waals surface area contributed by atoms with Gasteiger partial charge in [-0.15, -0.1) is 0 Å². The van der Waals surface area contributed by atoms with Crippen molar-refractivity contribution in [1.82, 2.24) is 9.97 Å². The molecular weight excluding hydrogens is 333 g/mol. The summed E-state index contributed by atoms with van der Waals surface area (Å²) in [6.45, 7) is 0. The summed E-state index contributed by atoms with van der Waals surface area (Å²) in [7, 11) is 0. The fourth-order valence-corrected chi connectivity index (χ4v) is 1.75. The van der Waals surface area contributed by atoms with Gasteiger partial charge in [-0.3, -0.25) is 15.1 Å². The Kier molecular flexibility index (Phi) is 3.20. The highest BCUT2D eigenvalue weighted by molar-refractivity contribution is 9.10. The van der Waals surface area contributed by atoms with Crippen molar-refractivity contribution < 1.29 is 4.92 Å². The summed E-state index contributed by atoms with van der Waals surface area (Å²) in [5.41, 5.74) is 0.967. The molecule has 0 atom stereocenters. The van der Waals surface area contributed by atoms with Gasteiger partial charge < -0.3 is 0 Å². The van der Waals surface area contributed by atoms with Gasteiger partial charge in [0.2, 0.25) is 0 Å². The molecular formula is C9H4BrCl2N3O2. The lowest BCUT2D eigenvalue weighted by molar-refractivity contribution is -0.523. The van der Waals surface area contributed by atoms with Gasteiger partial charge in [0.15, 0.2) is 5.69 Å². The van der Waals surface area contributed by atoms with Gasteiger partial charge >= 0.3 is 4.46 Å². The maximum absolute atomic E-state index is 10.7. The van der Waals surface area contributed by atoms with Crippen molar-refractivity contribution in [2.45, 2.75) is 4.46 Å². The number of benzene rings is 1. The molecule has 5 nitrogen and oxygen atoms in total. The zero-order chi connectivity index (χ0) is 12.6. The molecule has 0 saturated carbocycles. The summed E-state index contributed by atoms with van der Waals surface area (Å²) in [4.78, 5) is 17.9. The molecule has 88 valence electrons. The fourth-order valence-electron chi connectivity index (χ4n) is 1.22. The first-order valence-electron chi connectivity index (χ1n) is 4.36. The summed E-state index contributed by atoms with van der Waals surface area (Å²) < 4.78 is -1.45. The minimum absolute atomic E-state index is 0.111. The second-order valence-electron chi connectivity index (χ2n) is 3.19. The van der Waals surface area contributed by atoms with E-state index in [1.54, 1.807) is 18.2 Å². The third-order valence-corrected chi connectivity index (χ3v) is 3.20. The number of nitro groups is 1. The molecule has 17 heavy (non-hydrogen) atoms. The van der Waals surface area contributed by atoms with Crippen molar-refractivity contribution in [3.63, 3.8) is 0 Å². The second-order valence-corrected chi connectivity index (χ2v) is 5.39. The Morgan fingerprint density at radius 3 is 2.71 bits per heavy atom. The van der Waals surface area contributed by atoms with Gasteiger partial charge in [0.1, 0.15) is 0 Å². The van der Waals surface area contributed by atoms with E-state index in [4.69, 9.17) is 23.2 Å². The maximum Gasteiger partial charge on any atom is 0.414 e. The van der Waals surface area contributed by atoms with Crippen LogP contribution in [0, 0.1) is 10.1 Å². The van der Waals surface area contributed by atoms with Crippen LogP contribution in [0.15, 0.2) is 28.9 Å². The average Bonchev–Trinajstić information content (AvgIpc) is 2.28. The molecule has 2 rings (SSSR count). The highest BCUT2D eigenvalue weighted by atomic mass is 79.9. The predicted molar refractivity (Wildman–Crippen MR) is 67.6 cm³/mol. The van der Waals surface area contributed by atoms with E-state index < -0.39 is 9.38 Å². The highest BCUT2D eigenvalue weighted by Crippen LogP contribution is 2.33. The molecule has 8 heteroatoms. The van der Waals surface area contributed by atoms with E-state index in [1.165, 1.54) is 6.20 Å². The van der Waals surface area contributed by atoms with Crippen LogP contribution >= 0.6 is 39.1 Å². The monoisotopic (exact) mass is 335 g/mol. The van der Waals surface area contributed by atoms with Gasteiger partial charge in [-0.05, 0) is 41.4 Å². The van der Waals surface area contributed by atoms with E-state index >= 15 is 0 Å². The van der Waals surface area contributed by atoms with Gasteiger partial charge in [-0.25, -0.2) is 4.98 Å². The minimum Gasteiger partial charge on any atom is -0.261 e. The van der Waals surface area contributed by atoms with Crippen LogP contribution in [0.4, 0.5) is 0 Å². The van der Waals surface area contributed by atoms with Crippen molar-refractivity contribution >= 4 is 50.2 Å². The number of halogens is 3. The first-order chi connectivity index (χ1) is 7.91. The first kappa shape index (κ1) is 12.5. The van der Waals surface area contributed by atoms with E-state index in [-0.39, 0.29) is 5.69 Å². The van der Waals surface area contributed by atoms with E-state index in [1.807, 2.05) is 0 Å². The smallest absolute Gasteiger partial charge is 0.261 e. The predicted octanol–water partition coefficient (Wildman–Crippen LogP) is 3.26. The molecule has 0 aliphatic carbocycles. The molecule has 0 bridgehead atoms. The lowest BCUT2D eigenvalue weighted by atomic mass is 10.3. The van der Waals surface area contributed by atoms with Crippen molar-refractivity contribution in [2.24, 2.45) is 0 Å². The van der Waals surface area contributed by atoms with Gasteiger partial charge in [-0.1, -0.05) is 15.9 Å². The molecule has 0 radical (unpaired) electrons. The normalized spacial score (nSPS) is 11.7. The van der Waals surface area contributed by atoms with Gasteiger partial charge in [-0.2, -0.15) is 0 Å². The summed E-state index contributed by atoms with van der Waals surface area (Å²) in [6, 6.07) is 5.15. The van der Waals surface area contributed by atoms with Gasteiger partial charge in [0, 0.05) is 4.47 Å². The summed E-state index contributed by atoms with van der Waals surface area (Å²) in [5, 5.41) is 10.7. The van der Waals surface area contributed by atoms with E-state index in [2.05, 4.69) is 25.9 Å². The Morgan fingerprint density at radius 2 is 2.06 bits per heavy atom. The fraction of sp³-hybridized carbons (Fsp3) is 0.111. The molecule has 1 heterocycles. The molecule has 2 aromatic rings. The van der Waals surface area contributed by atoms with E-state index in [9.17, 15) is 10.1 Å². The molecule has 0 N–H and O–H groups in total. The number of aromatic nitrogens is 2. The van der Waals surface area contributed by atoms with Crippen LogP contribution in [0.5, 0.6) is 0 Å². The maximum atomic E-state index is 10.7. The number of hydrogen-bond donors (Lipinski definition) is 0. The quantitative estimate of drug-likeness (QED) is 0.365. The average molecular weight is 337 g/mol. The Hall–Kier alpha value is -0.980. The van der Waals surface area contributed by atoms with Crippen LogP contribution < -0.4 is 0 Å². The zero-order valence-electron chi connectivity index (χ0n) is 8.10. The molecule has 0 aliphatic rings. The first-order valence-corrected chi connectivity index (χ1v) is 5.91. The van der Waals surface area contributed by atoms with Crippen LogP contribution in [-0.2, 0) is 4.46 Å². The molecule has 0 aliphatic heterocycles. The third-order valence-electron chi connectivity index (χ3n) is 2.04. The Balaban J connectivity index is 2.59. The molecule has 0 unspecified atom stereocenters. The van der Waals surface area contributed by atoms with Gasteiger partial charge in [0.05, 0.1) is 22.2 Å². The highest BCUT2D eigenvalue weighted by Gasteiger charge is 2.42. The number of fused-ring (bicyclic) bond motifs is 1. The SMILES string of the molecule is O=[N+]([O-])C(Cl)(Cl)c1cnc2cc(Br)ccc2n1. The largest absolute Gasteiger partial charge is 0.414 e. The molecule has 1 aromatic heterocycles. The minimum atomic E-state index is -2.28. The van der Waals surface area contributed by atoms with Crippen molar-refractivity contribution in [1.29, 1.82) is 0 Å². The summed E-state index contributed by atoms with van der Waals surface area (Å²) in [5.74, 6) is 0. The molecule has 0 amide bonds. The van der Waals surface area contributed by atoms with Crippen molar-refractivity contribution in [3.8, 4) is 0 Å². The summed E-state index contributed by atoms with van der Waals surface area (Å²) >= 11 is 14.5. The molecule has 0 fully saturated rings. The van der Waals surface area contributed by atoms with Crippen LogP contribution in [0.3, 0.4) is 0 Å². The standard InChI is InChI=1S/C9H4BrCl2N3O2/c10-5-1-2-6-7(3-5)13-4-8(14-6)9(11,12)15(16)17/h1-4H. The number of alkyl halides is 2. The molecule has 0 saturated heterocycles. The van der Waals surface area contributed by atoms with Crippen molar-refractivity contribution in [3.05, 3.63) is 44.7 Å². The zero-order valence-corrected chi connectivity index (χ0v) is 11.2. The lowest BCUT2D eigenvalue weighted by Gasteiger charge is -2.09. The Bertz CT molecular complexity index is 606. The van der Waals surface area contributed by atoms with Crippen LogP contribution in [0.1, 0.15) is 5.69 Å². The second kappa shape index (κ2) is 4.36. The topological polar surface area (TPSA) is 68.9 Å².